The lowest BCUT2D eigenvalue weighted by molar-refractivity contribution is -0.137. The highest BCUT2D eigenvalue weighted by atomic mass is 127. The molecule has 1 aromatic carbocycles. The Morgan fingerprint density at radius 1 is 1.33 bits per heavy atom. The lowest BCUT2D eigenvalue weighted by Gasteiger charge is -2.11. The molecule has 7 heteroatoms. The normalized spacial score (nSPS) is 12.7. The zero-order chi connectivity index (χ0) is 15.6. The summed E-state index contributed by atoms with van der Waals surface area (Å²) < 4.78 is 39.0. The number of benzene rings is 1. The average Bonchev–Trinajstić information content (AvgIpc) is 2.85. The summed E-state index contributed by atoms with van der Waals surface area (Å²) in [5, 5.41) is 10.8. The van der Waals surface area contributed by atoms with Crippen LogP contribution >= 0.6 is 33.9 Å². The number of thiophene rings is 1. The Morgan fingerprint density at radius 2 is 2.05 bits per heavy atom. The van der Waals surface area contributed by atoms with Crippen LogP contribution in [0.5, 0.6) is 0 Å². The van der Waals surface area contributed by atoms with Crippen molar-refractivity contribution in [3.8, 4) is 6.07 Å². The van der Waals surface area contributed by atoms with E-state index in [1.807, 2.05) is 22.6 Å². The third-order valence-corrected chi connectivity index (χ3v) is 4.58. The number of hydrogen-bond acceptors (Lipinski definition) is 3. The molecule has 0 aliphatic heterocycles. The van der Waals surface area contributed by atoms with Crippen molar-refractivity contribution in [1.29, 1.82) is 5.26 Å². The summed E-state index contributed by atoms with van der Waals surface area (Å²) in [5.41, 5.74) is -0.472. The molecule has 2 nitrogen and oxygen atoms in total. The van der Waals surface area contributed by atoms with Crippen molar-refractivity contribution in [2.45, 2.75) is 12.1 Å². The van der Waals surface area contributed by atoms with Gasteiger partial charge >= 0.3 is 6.18 Å². The van der Waals surface area contributed by atoms with Gasteiger partial charge in [-0.2, -0.15) is 18.4 Å². The van der Waals surface area contributed by atoms with E-state index in [1.165, 1.54) is 23.5 Å². The van der Waals surface area contributed by atoms with E-state index in [9.17, 15) is 18.0 Å². The lowest BCUT2D eigenvalue weighted by Crippen LogP contribution is -2.12. The molecule has 108 valence electrons. The molecule has 2 aromatic rings. The summed E-state index contributed by atoms with van der Waals surface area (Å²) in [5.74, 6) is -1.73. The summed E-state index contributed by atoms with van der Waals surface area (Å²) in [4.78, 5) is 12.3. The van der Waals surface area contributed by atoms with Gasteiger partial charge < -0.3 is 0 Å². The number of halogens is 4. The lowest BCUT2D eigenvalue weighted by atomic mass is 9.92. The van der Waals surface area contributed by atoms with Crippen LogP contribution < -0.4 is 0 Å². The van der Waals surface area contributed by atoms with Gasteiger partial charge in [0.05, 0.1) is 14.5 Å². The number of carbonyl (C=O) groups is 1. The first kappa shape index (κ1) is 16.0. The summed E-state index contributed by atoms with van der Waals surface area (Å²) in [6, 6.07) is 7.73. The number of alkyl halides is 3. The third-order valence-electron chi connectivity index (χ3n) is 2.79. The van der Waals surface area contributed by atoms with Gasteiger partial charge in [-0.25, -0.2) is 0 Å². The number of ketones is 1. The maximum Gasteiger partial charge on any atom is 0.416 e. The summed E-state index contributed by atoms with van der Waals surface area (Å²) >= 11 is 3.37. The van der Waals surface area contributed by atoms with E-state index in [4.69, 9.17) is 5.26 Å². The van der Waals surface area contributed by atoms with Crippen LogP contribution in [-0.4, -0.2) is 5.78 Å². The third kappa shape index (κ3) is 3.63. The van der Waals surface area contributed by atoms with Gasteiger partial charge in [0, 0.05) is 10.9 Å². The van der Waals surface area contributed by atoms with Crippen molar-refractivity contribution in [1.82, 2.24) is 0 Å². The van der Waals surface area contributed by atoms with Crippen LogP contribution in [-0.2, 0) is 6.18 Å². The Bertz CT molecular complexity index is 717. The van der Waals surface area contributed by atoms with E-state index >= 15 is 0 Å². The molecule has 21 heavy (non-hydrogen) atoms. The van der Waals surface area contributed by atoms with Crippen LogP contribution in [0.4, 0.5) is 13.2 Å². The highest BCUT2D eigenvalue weighted by Crippen LogP contribution is 2.32. The number of rotatable bonds is 3. The maximum absolute atomic E-state index is 12.7. The van der Waals surface area contributed by atoms with Crippen LogP contribution in [0.15, 0.2) is 35.7 Å². The summed E-state index contributed by atoms with van der Waals surface area (Å²) in [6.45, 7) is 0. The molecule has 0 fully saturated rings. The monoisotopic (exact) mass is 421 g/mol. The van der Waals surface area contributed by atoms with Gasteiger partial charge in [0.1, 0.15) is 5.92 Å². The van der Waals surface area contributed by atoms with Crippen LogP contribution in [0.2, 0.25) is 0 Å². The number of nitrogens with zero attached hydrogens (tertiary/aromatic N) is 1. The van der Waals surface area contributed by atoms with Crippen molar-refractivity contribution in [3.05, 3.63) is 55.3 Å². The van der Waals surface area contributed by atoms with Gasteiger partial charge in [-0.05, 0) is 40.3 Å². The highest BCUT2D eigenvalue weighted by molar-refractivity contribution is 14.1. The highest BCUT2D eigenvalue weighted by Gasteiger charge is 2.32. The number of nitriles is 1. The van der Waals surface area contributed by atoms with E-state index in [2.05, 4.69) is 0 Å². The number of hydrogen-bond donors (Lipinski definition) is 0. The SMILES string of the molecule is N#CC(C(=O)c1csc(I)c1)c1cccc(C(F)(F)F)c1. The quantitative estimate of drug-likeness (QED) is 0.525. The van der Waals surface area contributed by atoms with Gasteiger partial charge in [0.15, 0.2) is 5.78 Å². The van der Waals surface area contributed by atoms with Gasteiger partial charge in [-0.1, -0.05) is 18.2 Å². The van der Waals surface area contributed by atoms with Crippen molar-refractivity contribution in [2.24, 2.45) is 0 Å². The molecule has 2 rings (SSSR count). The number of Topliss-reactive ketones (excluding diaryl/α,β-unsaturated/α-hetero) is 1. The van der Waals surface area contributed by atoms with Crippen molar-refractivity contribution < 1.29 is 18.0 Å². The summed E-state index contributed by atoms with van der Waals surface area (Å²) in [6.07, 6.45) is -4.50. The largest absolute Gasteiger partial charge is 0.416 e. The van der Waals surface area contributed by atoms with E-state index in [-0.39, 0.29) is 5.56 Å². The van der Waals surface area contributed by atoms with E-state index in [1.54, 1.807) is 17.5 Å². The van der Waals surface area contributed by atoms with Gasteiger partial charge in [-0.15, -0.1) is 11.3 Å². The molecule has 0 bridgehead atoms. The number of carbonyl (C=O) groups excluding carboxylic acids is 1. The van der Waals surface area contributed by atoms with Crippen molar-refractivity contribution in [2.75, 3.05) is 0 Å². The van der Waals surface area contributed by atoms with Crippen LogP contribution in [0.1, 0.15) is 27.4 Å². The second-order valence-electron chi connectivity index (χ2n) is 4.19. The maximum atomic E-state index is 12.7. The Morgan fingerprint density at radius 3 is 2.57 bits per heavy atom. The van der Waals surface area contributed by atoms with Crippen molar-refractivity contribution in [3.63, 3.8) is 0 Å². The molecular weight excluding hydrogens is 414 g/mol. The Labute approximate surface area is 136 Å². The fraction of sp³-hybridized carbons (Fsp3) is 0.143. The predicted octanol–water partition coefficient (Wildman–Crippen LogP) is 4.86. The van der Waals surface area contributed by atoms with Gasteiger partial charge in [0.2, 0.25) is 0 Å². The minimum atomic E-state index is -4.50. The fourth-order valence-electron chi connectivity index (χ4n) is 1.79. The van der Waals surface area contributed by atoms with E-state index in [0.29, 0.717) is 5.56 Å². The molecule has 0 amide bonds. The zero-order valence-electron chi connectivity index (χ0n) is 10.3. The topological polar surface area (TPSA) is 40.9 Å². The Balaban J connectivity index is 2.39. The standard InChI is InChI=1S/C14H7F3INOS/c15-14(16,17)10-3-1-2-8(4-10)11(6-19)13(20)9-5-12(18)21-7-9/h1-5,7,11H. The molecular formula is C14H7F3INOS. The second-order valence-corrected chi connectivity index (χ2v) is 6.99. The molecule has 1 heterocycles. The molecule has 0 aliphatic rings. The first-order valence-electron chi connectivity index (χ1n) is 5.68. The molecule has 1 aromatic heterocycles. The zero-order valence-corrected chi connectivity index (χ0v) is 13.3. The fourth-order valence-corrected chi connectivity index (χ4v) is 3.12. The van der Waals surface area contributed by atoms with E-state index < -0.39 is 23.4 Å². The first-order valence-corrected chi connectivity index (χ1v) is 7.64. The molecule has 0 N–H and O–H groups in total. The molecule has 1 atom stereocenters. The minimum Gasteiger partial charge on any atom is -0.292 e. The van der Waals surface area contributed by atoms with Crippen LogP contribution in [0.3, 0.4) is 0 Å². The Hall–Kier alpha value is -1.40. The molecule has 0 saturated carbocycles. The summed E-state index contributed by atoms with van der Waals surface area (Å²) in [7, 11) is 0. The van der Waals surface area contributed by atoms with E-state index in [0.717, 1.165) is 15.0 Å². The molecule has 1 unspecified atom stereocenters. The first-order chi connectivity index (χ1) is 9.82. The Kier molecular flexibility index (Phi) is 4.68. The van der Waals surface area contributed by atoms with Crippen LogP contribution in [0.25, 0.3) is 0 Å². The molecule has 0 spiro atoms. The molecule has 0 saturated heterocycles. The smallest absolute Gasteiger partial charge is 0.292 e. The minimum absolute atomic E-state index is 0.0542. The molecule has 0 aliphatic carbocycles. The van der Waals surface area contributed by atoms with Gasteiger partial charge in [-0.3, -0.25) is 4.79 Å². The van der Waals surface area contributed by atoms with Crippen molar-refractivity contribution >= 4 is 39.7 Å². The van der Waals surface area contributed by atoms with Gasteiger partial charge in [0.25, 0.3) is 0 Å². The predicted molar refractivity (Wildman–Crippen MR) is 81.2 cm³/mol. The average molecular weight is 421 g/mol. The van der Waals surface area contributed by atoms with Crippen LogP contribution in [0, 0.1) is 14.2 Å². The molecule has 0 radical (unpaired) electrons. The second kappa shape index (κ2) is 6.15.